The summed E-state index contributed by atoms with van der Waals surface area (Å²) in [6, 6.07) is 1.22. The first kappa shape index (κ1) is 13.3. The fourth-order valence-corrected chi connectivity index (χ4v) is 3.49. The van der Waals surface area contributed by atoms with Gasteiger partial charge in [-0.2, -0.15) is 5.26 Å². The van der Waals surface area contributed by atoms with Crippen molar-refractivity contribution in [3.05, 3.63) is 0 Å². The van der Waals surface area contributed by atoms with E-state index >= 15 is 0 Å². The Morgan fingerprint density at radius 1 is 1.60 bits per heavy atom. The number of amides is 2. The number of rotatable bonds is 3. The lowest BCUT2D eigenvalue weighted by atomic mass is 10.2. The van der Waals surface area contributed by atoms with Crippen molar-refractivity contribution in [1.29, 1.82) is 5.26 Å². The van der Waals surface area contributed by atoms with Crippen molar-refractivity contribution in [2.24, 2.45) is 5.73 Å². The van der Waals surface area contributed by atoms with Crippen molar-refractivity contribution < 1.29 is 9.59 Å². The van der Waals surface area contributed by atoms with Crippen LogP contribution in [0.15, 0.2) is 0 Å². The van der Waals surface area contributed by atoms with E-state index in [-0.39, 0.29) is 29.9 Å². The molecule has 3 N–H and O–H groups in total. The molecule has 3 rings (SSSR count). The zero-order valence-corrected chi connectivity index (χ0v) is 11.3. The van der Waals surface area contributed by atoms with Crippen LogP contribution in [-0.2, 0) is 9.59 Å². The van der Waals surface area contributed by atoms with Gasteiger partial charge in [-0.1, -0.05) is 0 Å². The molecule has 0 spiro atoms. The molecule has 3 aliphatic heterocycles. The number of nitrogens with two attached hydrogens (primary N) is 1. The highest BCUT2D eigenvalue weighted by atomic mass is 16.2. The van der Waals surface area contributed by atoms with Gasteiger partial charge in [0.2, 0.25) is 11.8 Å². The number of hydrogen-bond donors (Lipinski definition) is 2. The van der Waals surface area contributed by atoms with Crippen molar-refractivity contribution in [3.8, 4) is 6.07 Å². The highest BCUT2D eigenvalue weighted by Crippen LogP contribution is 2.24. The lowest BCUT2D eigenvalue weighted by molar-refractivity contribution is -0.134. The van der Waals surface area contributed by atoms with Gasteiger partial charge in [-0.25, -0.2) is 0 Å². The van der Waals surface area contributed by atoms with Gasteiger partial charge in [-0.05, 0) is 19.3 Å². The molecule has 3 fully saturated rings. The standard InChI is InChI=1S/C13H19N5O2/c14-5-9-2-1-3-18(9)13(20)10(15)7-17-6-8-4-11(17)12(19)16-8/h8-11H,1-4,6-7,15H2,(H,16,19)/t8-,9?,10?,11?/m0/s1. The third-order valence-corrected chi connectivity index (χ3v) is 4.49. The summed E-state index contributed by atoms with van der Waals surface area (Å²) in [4.78, 5) is 27.5. The minimum atomic E-state index is -0.656. The second-order valence-electron chi connectivity index (χ2n) is 5.84. The maximum absolute atomic E-state index is 12.3. The molecule has 7 heteroatoms. The monoisotopic (exact) mass is 277 g/mol. The topological polar surface area (TPSA) is 102 Å². The third kappa shape index (κ3) is 2.15. The highest BCUT2D eigenvalue weighted by molar-refractivity contribution is 5.86. The Labute approximate surface area is 117 Å². The molecule has 2 bridgehead atoms. The minimum absolute atomic E-state index is 0.0389. The van der Waals surface area contributed by atoms with Crippen molar-refractivity contribution in [3.63, 3.8) is 0 Å². The number of nitriles is 1. The molecule has 7 nitrogen and oxygen atoms in total. The van der Waals surface area contributed by atoms with Crippen LogP contribution < -0.4 is 11.1 Å². The Bertz CT molecular complexity index is 474. The van der Waals surface area contributed by atoms with Crippen LogP contribution in [0.1, 0.15) is 19.3 Å². The van der Waals surface area contributed by atoms with Crippen LogP contribution >= 0.6 is 0 Å². The van der Waals surface area contributed by atoms with Crippen LogP contribution in [0.4, 0.5) is 0 Å². The molecule has 0 aromatic heterocycles. The van der Waals surface area contributed by atoms with Gasteiger partial charge in [0.25, 0.3) is 0 Å². The number of carbonyl (C=O) groups is 2. The summed E-state index contributed by atoms with van der Waals surface area (Å²) in [5.41, 5.74) is 6.00. The van der Waals surface area contributed by atoms with E-state index < -0.39 is 6.04 Å². The smallest absolute Gasteiger partial charge is 0.241 e. The van der Waals surface area contributed by atoms with Gasteiger partial charge in [-0.15, -0.1) is 0 Å². The number of likely N-dealkylation sites (tertiary alicyclic amines) is 2. The fourth-order valence-electron chi connectivity index (χ4n) is 3.49. The lowest BCUT2D eigenvalue weighted by Gasteiger charge is -2.30. The summed E-state index contributed by atoms with van der Waals surface area (Å²) >= 11 is 0. The number of fused-ring (bicyclic) bond motifs is 2. The SMILES string of the molecule is N#CC1CCCN1C(=O)C(N)CN1C[C@@H]2CC1C(=O)N2. The van der Waals surface area contributed by atoms with Crippen molar-refractivity contribution in [1.82, 2.24) is 15.1 Å². The van der Waals surface area contributed by atoms with Crippen LogP contribution in [0.5, 0.6) is 0 Å². The Kier molecular flexibility index (Phi) is 3.36. The number of nitrogens with one attached hydrogen (secondary N) is 1. The average Bonchev–Trinajstić information content (AvgIpc) is 3.11. The van der Waals surface area contributed by atoms with Crippen molar-refractivity contribution >= 4 is 11.8 Å². The van der Waals surface area contributed by atoms with Gasteiger partial charge in [0.1, 0.15) is 6.04 Å². The molecule has 0 aromatic rings. The van der Waals surface area contributed by atoms with Crippen LogP contribution in [0, 0.1) is 11.3 Å². The van der Waals surface area contributed by atoms with Crippen LogP contribution in [-0.4, -0.2) is 65.4 Å². The van der Waals surface area contributed by atoms with Gasteiger partial charge < -0.3 is 16.0 Å². The predicted octanol–water partition coefficient (Wildman–Crippen LogP) is -1.60. The Hall–Kier alpha value is -1.65. The van der Waals surface area contributed by atoms with E-state index in [0.29, 0.717) is 13.1 Å². The zero-order valence-electron chi connectivity index (χ0n) is 11.3. The first-order chi connectivity index (χ1) is 9.60. The van der Waals surface area contributed by atoms with E-state index in [2.05, 4.69) is 11.4 Å². The maximum atomic E-state index is 12.3. The van der Waals surface area contributed by atoms with Gasteiger partial charge in [-0.3, -0.25) is 14.5 Å². The normalized spacial score (nSPS) is 34.1. The molecule has 0 aromatic carbocycles. The molecule has 0 aliphatic carbocycles. The maximum Gasteiger partial charge on any atom is 0.241 e. The van der Waals surface area contributed by atoms with Gasteiger partial charge >= 0.3 is 0 Å². The molecule has 20 heavy (non-hydrogen) atoms. The van der Waals surface area contributed by atoms with Crippen molar-refractivity contribution in [2.75, 3.05) is 19.6 Å². The predicted molar refractivity (Wildman–Crippen MR) is 70.2 cm³/mol. The fraction of sp³-hybridized carbons (Fsp3) is 0.769. The Morgan fingerprint density at radius 3 is 3.05 bits per heavy atom. The molecule has 0 saturated carbocycles. The first-order valence-corrected chi connectivity index (χ1v) is 7.10. The molecular weight excluding hydrogens is 258 g/mol. The largest absolute Gasteiger partial charge is 0.351 e. The van der Waals surface area contributed by atoms with E-state index in [4.69, 9.17) is 11.0 Å². The van der Waals surface area contributed by atoms with Crippen molar-refractivity contribution in [2.45, 2.75) is 43.4 Å². The molecule has 3 saturated heterocycles. The van der Waals surface area contributed by atoms with E-state index in [1.165, 1.54) is 0 Å². The second-order valence-corrected chi connectivity index (χ2v) is 5.84. The second kappa shape index (κ2) is 5.04. The summed E-state index contributed by atoms with van der Waals surface area (Å²) in [5.74, 6) is -0.130. The van der Waals surface area contributed by atoms with Gasteiger partial charge in [0.15, 0.2) is 0 Å². The summed E-state index contributed by atoms with van der Waals surface area (Å²) in [5, 5.41) is 11.9. The summed E-state index contributed by atoms with van der Waals surface area (Å²) in [7, 11) is 0. The number of nitrogens with zero attached hydrogens (tertiary/aromatic N) is 3. The molecule has 108 valence electrons. The van der Waals surface area contributed by atoms with Crippen LogP contribution in [0.2, 0.25) is 0 Å². The van der Waals surface area contributed by atoms with E-state index in [9.17, 15) is 9.59 Å². The summed E-state index contributed by atoms with van der Waals surface area (Å²) < 4.78 is 0. The van der Waals surface area contributed by atoms with Gasteiger partial charge in [0, 0.05) is 25.7 Å². The minimum Gasteiger partial charge on any atom is -0.351 e. The average molecular weight is 277 g/mol. The molecule has 4 atom stereocenters. The lowest BCUT2D eigenvalue weighted by Crippen LogP contribution is -2.55. The third-order valence-electron chi connectivity index (χ3n) is 4.49. The highest BCUT2D eigenvalue weighted by Gasteiger charge is 2.45. The number of carbonyl (C=O) groups excluding carboxylic acids is 2. The first-order valence-electron chi connectivity index (χ1n) is 7.10. The molecule has 2 amide bonds. The molecular formula is C13H19N5O2. The molecule has 3 heterocycles. The Morgan fingerprint density at radius 2 is 2.40 bits per heavy atom. The van der Waals surface area contributed by atoms with E-state index in [1.807, 2.05) is 4.90 Å². The van der Waals surface area contributed by atoms with Crippen LogP contribution in [0.3, 0.4) is 0 Å². The summed E-state index contributed by atoms with van der Waals surface area (Å²) in [6.45, 7) is 1.76. The number of hydrogen-bond acceptors (Lipinski definition) is 5. The quantitative estimate of drug-likeness (QED) is 0.647. The van der Waals surface area contributed by atoms with Crippen LogP contribution in [0.25, 0.3) is 0 Å². The van der Waals surface area contributed by atoms with E-state index in [0.717, 1.165) is 25.8 Å². The van der Waals surface area contributed by atoms with E-state index in [1.54, 1.807) is 4.90 Å². The molecule has 3 aliphatic rings. The molecule has 3 unspecified atom stereocenters. The molecule has 0 radical (unpaired) electrons. The zero-order chi connectivity index (χ0) is 14.3. The van der Waals surface area contributed by atoms with Gasteiger partial charge in [0.05, 0.1) is 18.2 Å². The Balaban J connectivity index is 1.59. The summed E-state index contributed by atoms with van der Waals surface area (Å²) in [6.07, 6.45) is 2.39. The number of piperazine rings is 1.